The van der Waals surface area contributed by atoms with Crippen LogP contribution in [0, 0.1) is 5.92 Å². The normalized spacial score (nSPS) is 21.0. The molecule has 1 fully saturated rings. The zero-order chi connectivity index (χ0) is 19.2. The van der Waals surface area contributed by atoms with Gasteiger partial charge in [0.2, 0.25) is 0 Å². The molecule has 146 valence electrons. The maximum atomic E-state index is 4.79. The fourth-order valence-corrected chi connectivity index (χ4v) is 3.38. The molecule has 0 saturated carbocycles. The first-order valence-corrected chi connectivity index (χ1v) is 9.79. The lowest BCUT2D eigenvalue weighted by atomic mass is 10.1. The van der Waals surface area contributed by atoms with Crippen molar-refractivity contribution in [3.63, 3.8) is 0 Å². The highest BCUT2D eigenvalue weighted by molar-refractivity contribution is 5.80. The summed E-state index contributed by atoms with van der Waals surface area (Å²) < 4.78 is 1.75. The summed E-state index contributed by atoms with van der Waals surface area (Å²) in [5.41, 5.74) is 2.16. The van der Waals surface area contributed by atoms with Crippen molar-refractivity contribution in [2.45, 2.75) is 46.3 Å². The Kier molecular flexibility index (Phi) is 6.45. The Morgan fingerprint density at radius 2 is 2.04 bits per heavy atom. The molecule has 0 bridgehead atoms. The molecule has 7 heteroatoms. The number of likely N-dealkylation sites (tertiary alicyclic amines) is 1. The molecule has 2 unspecified atom stereocenters. The van der Waals surface area contributed by atoms with Crippen molar-refractivity contribution in [2.75, 3.05) is 19.6 Å². The van der Waals surface area contributed by atoms with Crippen molar-refractivity contribution in [1.29, 1.82) is 0 Å². The molecule has 27 heavy (non-hydrogen) atoms. The molecule has 2 N–H and O–H groups in total. The molecule has 7 nitrogen and oxygen atoms in total. The minimum absolute atomic E-state index is 0.430. The second-order valence-corrected chi connectivity index (χ2v) is 7.48. The summed E-state index contributed by atoms with van der Waals surface area (Å²) in [4.78, 5) is 11.3. The number of guanidine groups is 1. The number of benzene rings is 1. The lowest BCUT2D eigenvalue weighted by Crippen LogP contribution is -2.46. The van der Waals surface area contributed by atoms with E-state index in [1.807, 2.05) is 12.1 Å². The van der Waals surface area contributed by atoms with Gasteiger partial charge in [0.05, 0.1) is 12.2 Å². The average molecular weight is 370 g/mol. The van der Waals surface area contributed by atoms with Gasteiger partial charge in [-0.3, -0.25) is 4.90 Å². The third-order valence-electron chi connectivity index (χ3n) is 5.08. The number of aromatic nitrogens is 3. The van der Waals surface area contributed by atoms with E-state index in [-0.39, 0.29) is 0 Å². The van der Waals surface area contributed by atoms with Gasteiger partial charge >= 0.3 is 0 Å². The Balaban J connectivity index is 1.62. The predicted octanol–water partition coefficient (Wildman–Crippen LogP) is 2.05. The number of aliphatic imine (C=N–C) groups is 1. The molecule has 0 amide bonds. The minimum Gasteiger partial charge on any atom is -0.357 e. The molecule has 0 spiro atoms. The van der Waals surface area contributed by atoms with E-state index in [9.17, 15) is 0 Å². The summed E-state index contributed by atoms with van der Waals surface area (Å²) in [5, 5.41) is 11.2. The standard InChI is InChI=1S/C20H31N7/c1-5-22-20(25-19-12-26(15(2)3)11-16(19)4)23-10-17-6-8-18(9-7-17)27-14-21-13-24-27/h6-9,13-16,19H,5,10-12H2,1-4H3,(H2,22,23,25). The third kappa shape index (κ3) is 5.07. The molecule has 0 aliphatic carbocycles. The third-order valence-corrected chi connectivity index (χ3v) is 5.08. The number of hydrogen-bond acceptors (Lipinski definition) is 4. The number of rotatable bonds is 6. The van der Waals surface area contributed by atoms with Crippen LogP contribution in [0.5, 0.6) is 0 Å². The molecule has 0 radical (unpaired) electrons. The summed E-state index contributed by atoms with van der Waals surface area (Å²) in [6.45, 7) is 12.6. The first kappa shape index (κ1) is 19.4. The van der Waals surface area contributed by atoms with E-state index in [0.29, 0.717) is 24.5 Å². The Morgan fingerprint density at radius 3 is 2.63 bits per heavy atom. The highest BCUT2D eigenvalue weighted by Gasteiger charge is 2.31. The molecule has 1 aliphatic heterocycles. The van der Waals surface area contributed by atoms with Crippen molar-refractivity contribution in [3.05, 3.63) is 42.5 Å². The molecule has 2 atom stereocenters. The second-order valence-electron chi connectivity index (χ2n) is 7.48. The van der Waals surface area contributed by atoms with Gasteiger partial charge in [-0.25, -0.2) is 14.7 Å². The van der Waals surface area contributed by atoms with E-state index >= 15 is 0 Å². The molecular formula is C20H31N7. The van der Waals surface area contributed by atoms with E-state index in [1.165, 1.54) is 11.9 Å². The summed E-state index contributed by atoms with van der Waals surface area (Å²) in [6.07, 6.45) is 3.24. The van der Waals surface area contributed by atoms with Gasteiger partial charge in [-0.05, 0) is 44.4 Å². The van der Waals surface area contributed by atoms with E-state index in [4.69, 9.17) is 4.99 Å². The topological polar surface area (TPSA) is 70.4 Å². The lowest BCUT2D eigenvalue weighted by Gasteiger charge is -2.22. The molecule has 1 aromatic carbocycles. The number of hydrogen-bond donors (Lipinski definition) is 2. The van der Waals surface area contributed by atoms with E-state index in [1.54, 1.807) is 11.0 Å². The largest absolute Gasteiger partial charge is 0.357 e. The second kappa shape index (κ2) is 8.99. The molecule has 1 saturated heterocycles. The Labute approximate surface area is 161 Å². The smallest absolute Gasteiger partial charge is 0.191 e. The van der Waals surface area contributed by atoms with Crippen LogP contribution >= 0.6 is 0 Å². The fraction of sp³-hybridized carbons (Fsp3) is 0.550. The van der Waals surface area contributed by atoms with E-state index in [0.717, 1.165) is 31.3 Å². The summed E-state index contributed by atoms with van der Waals surface area (Å²) in [5.74, 6) is 1.50. The van der Waals surface area contributed by atoms with Crippen molar-refractivity contribution >= 4 is 5.96 Å². The van der Waals surface area contributed by atoms with Crippen LogP contribution in [0.2, 0.25) is 0 Å². The van der Waals surface area contributed by atoms with E-state index in [2.05, 4.69) is 65.4 Å². The molecule has 1 aliphatic rings. The highest BCUT2D eigenvalue weighted by Crippen LogP contribution is 2.18. The van der Waals surface area contributed by atoms with Crippen LogP contribution in [-0.4, -0.2) is 57.3 Å². The first-order chi connectivity index (χ1) is 13.1. The van der Waals surface area contributed by atoms with Gasteiger partial charge in [-0.15, -0.1) is 0 Å². The van der Waals surface area contributed by atoms with Crippen LogP contribution in [0.15, 0.2) is 41.9 Å². The predicted molar refractivity (Wildman–Crippen MR) is 109 cm³/mol. The molecule has 3 rings (SSSR count). The highest BCUT2D eigenvalue weighted by atomic mass is 15.3. The van der Waals surface area contributed by atoms with Gasteiger partial charge in [-0.1, -0.05) is 19.1 Å². The fourth-order valence-electron chi connectivity index (χ4n) is 3.38. The van der Waals surface area contributed by atoms with Crippen LogP contribution < -0.4 is 10.6 Å². The maximum Gasteiger partial charge on any atom is 0.191 e. The monoisotopic (exact) mass is 369 g/mol. The van der Waals surface area contributed by atoms with Crippen molar-refractivity contribution in [1.82, 2.24) is 30.3 Å². The van der Waals surface area contributed by atoms with Gasteiger partial charge in [0.25, 0.3) is 0 Å². The average Bonchev–Trinajstić information content (AvgIpc) is 3.31. The Hall–Kier alpha value is -2.41. The van der Waals surface area contributed by atoms with E-state index < -0.39 is 0 Å². The first-order valence-electron chi connectivity index (χ1n) is 9.79. The van der Waals surface area contributed by atoms with Crippen LogP contribution in [-0.2, 0) is 6.54 Å². The summed E-state index contributed by atoms with van der Waals surface area (Å²) in [6, 6.07) is 9.27. The number of nitrogens with one attached hydrogen (secondary N) is 2. The van der Waals surface area contributed by atoms with Crippen molar-refractivity contribution in [2.24, 2.45) is 10.9 Å². The van der Waals surface area contributed by atoms with Crippen LogP contribution in [0.4, 0.5) is 0 Å². The van der Waals surface area contributed by atoms with Gasteiger partial charge in [0.15, 0.2) is 5.96 Å². The van der Waals surface area contributed by atoms with Gasteiger partial charge in [0.1, 0.15) is 12.7 Å². The van der Waals surface area contributed by atoms with Gasteiger partial charge in [-0.2, -0.15) is 5.10 Å². The maximum absolute atomic E-state index is 4.79. The van der Waals surface area contributed by atoms with Crippen molar-refractivity contribution < 1.29 is 0 Å². The quantitative estimate of drug-likeness (QED) is 0.602. The van der Waals surface area contributed by atoms with Crippen LogP contribution in [0.3, 0.4) is 0 Å². The number of nitrogens with zero attached hydrogens (tertiary/aromatic N) is 5. The van der Waals surface area contributed by atoms with Gasteiger partial charge < -0.3 is 10.6 Å². The molecule has 1 aromatic heterocycles. The minimum atomic E-state index is 0.430. The zero-order valence-electron chi connectivity index (χ0n) is 16.8. The van der Waals surface area contributed by atoms with Gasteiger partial charge in [0, 0.05) is 31.7 Å². The SMILES string of the molecule is CCNC(=NCc1ccc(-n2cncn2)cc1)NC1CN(C(C)C)CC1C. The Bertz CT molecular complexity index is 721. The van der Waals surface area contributed by atoms with Crippen LogP contribution in [0.25, 0.3) is 5.69 Å². The zero-order valence-corrected chi connectivity index (χ0v) is 16.8. The molecular weight excluding hydrogens is 338 g/mol. The molecule has 2 aromatic rings. The summed E-state index contributed by atoms with van der Waals surface area (Å²) in [7, 11) is 0. The molecule has 2 heterocycles. The van der Waals surface area contributed by atoms with Crippen molar-refractivity contribution in [3.8, 4) is 5.69 Å². The Morgan fingerprint density at radius 1 is 1.26 bits per heavy atom. The van der Waals surface area contributed by atoms with Crippen LogP contribution in [0.1, 0.15) is 33.3 Å². The lowest BCUT2D eigenvalue weighted by molar-refractivity contribution is 0.265. The summed E-state index contributed by atoms with van der Waals surface area (Å²) >= 11 is 0.